The van der Waals surface area contributed by atoms with Gasteiger partial charge in [-0.1, -0.05) is 12.1 Å². The molecule has 0 saturated heterocycles. The van der Waals surface area contributed by atoms with Gasteiger partial charge in [-0.3, -0.25) is 9.30 Å². The molecule has 40 heavy (non-hydrogen) atoms. The Morgan fingerprint density at radius 3 is 2.45 bits per heavy atom. The lowest BCUT2D eigenvalue weighted by Gasteiger charge is -2.29. The zero-order valence-corrected chi connectivity index (χ0v) is 23.2. The van der Waals surface area contributed by atoms with Crippen molar-refractivity contribution in [1.29, 1.82) is 0 Å². The summed E-state index contributed by atoms with van der Waals surface area (Å²) in [6.07, 6.45) is 1.89. The molecule has 1 atom stereocenters. The summed E-state index contributed by atoms with van der Waals surface area (Å²) in [4.78, 5) is 15.2. The van der Waals surface area contributed by atoms with Crippen LogP contribution in [0.3, 0.4) is 0 Å². The van der Waals surface area contributed by atoms with E-state index in [4.69, 9.17) is 14.2 Å². The number of carbonyl (C=O) groups is 1. The summed E-state index contributed by atoms with van der Waals surface area (Å²) < 4.78 is 58.9. The Balaban J connectivity index is 1.57. The number of carbonyl (C=O) groups excluding carboxylic acids is 1. The number of nitrogens with zero attached hydrogens (tertiary/aromatic N) is 4. The van der Waals surface area contributed by atoms with E-state index in [0.717, 1.165) is 6.26 Å². The summed E-state index contributed by atoms with van der Waals surface area (Å²) in [5.41, 5.74) is 1.83. The highest BCUT2D eigenvalue weighted by Crippen LogP contribution is 2.44. The van der Waals surface area contributed by atoms with Gasteiger partial charge in [0.15, 0.2) is 27.1 Å². The average molecular weight is 567 g/mol. The molecule has 1 amide bonds. The standard InChI is InChI=1S/C28H27FN4O6S/c1-28(2,3)39-27(34)32-12-20-21(29)9-10-22-24(20)17(13-37-22)14-38-23-11-19(25-31-30-15-33(25)26(23)32)16-5-7-18(8-6-16)40(4,35)36/h5-11,15,17H,12-14H2,1-4H3/t17-/m1/s1. The van der Waals surface area contributed by atoms with Gasteiger partial charge in [-0.15, -0.1) is 10.2 Å². The molecular formula is C28H27FN4O6S. The predicted octanol–water partition coefficient (Wildman–Crippen LogP) is 4.75. The molecule has 0 unspecified atom stereocenters. The lowest BCUT2D eigenvalue weighted by molar-refractivity contribution is 0.0574. The summed E-state index contributed by atoms with van der Waals surface area (Å²) >= 11 is 0. The fourth-order valence-corrected chi connectivity index (χ4v) is 5.69. The number of rotatable bonds is 2. The number of halogens is 1. The lowest BCUT2D eigenvalue weighted by Crippen LogP contribution is -2.38. The number of amides is 1. The molecule has 2 aliphatic heterocycles. The Labute approximate surface area is 230 Å². The molecule has 12 heteroatoms. The zero-order valence-electron chi connectivity index (χ0n) is 22.3. The van der Waals surface area contributed by atoms with Crippen LogP contribution >= 0.6 is 0 Å². The average Bonchev–Trinajstić information content (AvgIpc) is 3.53. The van der Waals surface area contributed by atoms with Crippen LogP contribution in [0.15, 0.2) is 53.7 Å². The van der Waals surface area contributed by atoms with Crippen molar-refractivity contribution in [2.45, 2.75) is 43.7 Å². The zero-order chi connectivity index (χ0) is 28.4. The molecule has 0 bridgehead atoms. The Morgan fingerprint density at radius 2 is 1.77 bits per heavy atom. The number of aromatic nitrogens is 3. The molecule has 6 rings (SSSR count). The highest BCUT2D eigenvalue weighted by atomic mass is 32.2. The minimum atomic E-state index is -3.38. The molecule has 10 nitrogen and oxygen atoms in total. The van der Waals surface area contributed by atoms with Crippen LogP contribution in [-0.2, 0) is 21.1 Å². The maximum atomic E-state index is 15.4. The van der Waals surface area contributed by atoms with Crippen molar-refractivity contribution >= 4 is 27.4 Å². The van der Waals surface area contributed by atoms with Crippen molar-refractivity contribution in [2.75, 3.05) is 24.4 Å². The van der Waals surface area contributed by atoms with Gasteiger partial charge in [0.1, 0.15) is 23.5 Å². The number of pyridine rings is 1. The first-order valence-corrected chi connectivity index (χ1v) is 14.5. The van der Waals surface area contributed by atoms with Gasteiger partial charge in [-0.25, -0.2) is 17.6 Å². The lowest BCUT2D eigenvalue weighted by atomic mass is 9.95. The maximum Gasteiger partial charge on any atom is 0.416 e. The molecule has 0 N–H and O–H groups in total. The van der Waals surface area contributed by atoms with E-state index in [1.165, 1.54) is 29.4 Å². The second-order valence-corrected chi connectivity index (χ2v) is 12.9. The van der Waals surface area contributed by atoms with E-state index in [0.29, 0.717) is 46.0 Å². The van der Waals surface area contributed by atoms with Crippen LogP contribution in [0.5, 0.6) is 11.5 Å². The van der Waals surface area contributed by atoms with E-state index >= 15 is 4.39 Å². The van der Waals surface area contributed by atoms with E-state index in [1.807, 2.05) is 0 Å². The maximum absolute atomic E-state index is 15.4. The minimum Gasteiger partial charge on any atom is -0.493 e. The quantitative estimate of drug-likeness (QED) is 0.342. The van der Waals surface area contributed by atoms with Crippen molar-refractivity contribution in [3.05, 3.63) is 65.7 Å². The summed E-state index contributed by atoms with van der Waals surface area (Å²) in [5, 5.41) is 8.38. The topological polar surface area (TPSA) is 112 Å². The molecule has 0 saturated carbocycles. The van der Waals surface area contributed by atoms with Gasteiger partial charge in [-0.05, 0) is 56.7 Å². The monoisotopic (exact) mass is 566 g/mol. The first-order valence-electron chi connectivity index (χ1n) is 12.7. The smallest absolute Gasteiger partial charge is 0.416 e. The predicted molar refractivity (Wildman–Crippen MR) is 144 cm³/mol. The van der Waals surface area contributed by atoms with Crippen LogP contribution in [-0.4, -0.2) is 54.2 Å². The highest BCUT2D eigenvalue weighted by molar-refractivity contribution is 7.90. The number of benzene rings is 2. The first kappa shape index (κ1) is 26.1. The molecule has 4 aromatic rings. The Kier molecular flexibility index (Phi) is 5.98. The van der Waals surface area contributed by atoms with Crippen LogP contribution < -0.4 is 14.4 Å². The van der Waals surface area contributed by atoms with Gasteiger partial charge in [0.25, 0.3) is 0 Å². The third-order valence-electron chi connectivity index (χ3n) is 6.84. The second kappa shape index (κ2) is 9.19. The molecule has 208 valence electrons. The molecule has 0 spiro atoms. The van der Waals surface area contributed by atoms with Crippen molar-refractivity contribution in [1.82, 2.24) is 14.6 Å². The Morgan fingerprint density at radius 1 is 1.07 bits per heavy atom. The van der Waals surface area contributed by atoms with Gasteiger partial charge < -0.3 is 14.2 Å². The first-order chi connectivity index (χ1) is 18.9. The van der Waals surface area contributed by atoms with E-state index in [-0.39, 0.29) is 29.8 Å². The van der Waals surface area contributed by atoms with Crippen LogP contribution in [0.4, 0.5) is 15.0 Å². The van der Waals surface area contributed by atoms with Crippen molar-refractivity contribution in [2.24, 2.45) is 0 Å². The van der Waals surface area contributed by atoms with Crippen molar-refractivity contribution < 1.29 is 31.8 Å². The largest absolute Gasteiger partial charge is 0.493 e. The normalized spacial score (nSPS) is 16.7. The Bertz CT molecular complexity index is 1760. The molecule has 0 radical (unpaired) electrons. The number of fused-ring (bicyclic) bond motifs is 3. The fourth-order valence-electron chi connectivity index (χ4n) is 5.06. The van der Waals surface area contributed by atoms with Crippen molar-refractivity contribution in [3.63, 3.8) is 0 Å². The molecule has 4 heterocycles. The van der Waals surface area contributed by atoms with Gasteiger partial charge >= 0.3 is 6.09 Å². The summed E-state index contributed by atoms with van der Waals surface area (Å²) in [6, 6.07) is 11.0. The molecule has 0 aliphatic carbocycles. The van der Waals surface area contributed by atoms with Gasteiger partial charge in [0.05, 0.1) is 30.6 Å². The van der Waals surface area contributed by atoms with E-state index < -0.39 is 27.3 Å². The van der Waals surface area contributed by atoms with Crippen LogP contribution in [0.25, 0.3) is 16.8 Å². The molecule has 0 fully saturated rings. The van der Waals surface area contributed by atoms with Crippen LogP contribution in [0.1, 0.15) is 37.8 Å². The van der Waals surface area contributed by atoms with Crippen LogP contribution in [0, 0.1) is 5.82 Å². The molecule has 2 aromatic heterocycles. The van der Waals surface area contributed by atoms with E-state index in [1.54, 1.807) is 49.4 Å². The SMILES string of the molecule is CC(C)(C)OC(=O)N1Cc2c(F)ccc3c2[C@H](CO3)COc2cc(-c3ccc(S(C)(=O)=O)cc3)c3nncn3c21. The van der Waals surface area contributed by atoms with Crippen LogP contribution in [0.2, 0.25) is 0 Å². The van der Waals surface area contributed by atoms with Gasteiger partial charge in [0, 0.05) is 22.9 Å². The third-order valence-corrected chi connectivity index (χ3v) is 7.97. The molecule has 2 aromatic carbocycles. The number of anilines is 1. The summed E-state index contributed by atoms with van der Waals surface area (Å²) in [7, 11) is -3.38. The number of hydrogen-bond acceptors (Lipinski definition) is 8. The minimum absolute atomic E-state index is 0.143. The summed E-state index contributed by atoms with van der Waals surface area (Å²) in [5.74, 6) is 0.432. The number of hydrogen-bond donors (Lipinski definition) is 0. The van der Waals surface area contributed by atoms with Gasteiger partial charge in [0.2, 0.25) is 0 Å². The summed E-state index contributed by atoms with van der Waals surface area (Å²) in [6.45, 7) is 5.58. The van der Waals surface area contributed by atoms with Crippen molar-refractivity contribution in [3.8, 4) is 22.6 Å². The Hall–Kier alpha value is -4.19. The number of sulfone groups is 1. The fraction of sp³-hybridized carbons (Fsp3) is 0.321. The third kappa shape index (κ3) is 4.51. The second-order valence-electron chi connectivity index (χ2n) is 10.9. The highest BCUT2D eigenvalue weighted by Gasteiger charge is 2.37. The number of ether oxygens (including phenoxy) is 3. The van der Waals surface area contributed by atoms with E-state index in [2.05, 4.69) is 10.2 Å². The molecule has 2 aliphatic rings. The molecular weight excluding hydrogens is 539 g/mol. The van der Waals surface area contributed by atoms with Gasteiger partial charge in [-0.2, -0.15) is 0 Å². The van der Waals surface area contributed by atoms with E-state index in [9.17, 15) is 13.2 Å².